The SMILES string of the molecule is CC[C@@H]1[C@H](C[N+](=O)[O-])c2cc(C)ccc2N(C(=O)OCc2ccccc2)[C@H]1O. The summed E-state index contributed by atoms with van der Waals surface area (Å²) >= 11 is 0. The van der Waals surface area contributed by atoms with E-state index in [0.717, 1.165) is 11.1 Å². The third-order valence-corrected chi connectivity index (χ3v) is 5.23. The molecule has 0 aliphatic carbocycles. The minimum absolute atomic E-state index is 0.0825. The highest BCUT2D eigenvalue weighted by Gasteiger charge is 2.44. The van der Waals surface area contributed by atoms with Gasteiger partial charge in [0.05, 0.1) is 11.6 Å². The number of nitrogens with zero attached hydrogens (tertiary/aromatic N) is 2. The van der Waals surface area contributed by atoms with Gasteiger partial charge in [0, 0.05) is 10.8 Å². The van der Waals surface area contributed by atoms with Gasteiger partial charge in [-0.15, -0.1) is 0 Å². The Morgan fingerprint density at radius 2 is 1.96 bits per heavy atom. The molecule has 2 aromatic carbocycles. The molecule has 3 atom stereocenters. The Kier molecular flexibility index (Phi) is 5.94. The van der Waals surface area contributed by atoms with Crippen molar-refractivity contribution in [2.75, 3.05) is 11.4 Å². The van der Waals surface area contributed by atoms with Crippen molar-refractivity contribution < 1.29 is 19.6 Å². The van der Waals surface area contributed by atoms with Crippen LogP contribution in [-0.2, 0) is 11.3 Å². The number of fused-ring (bicyclic) bond motifs is 1. The number of anilines is 1. The number of hydrogen-bond donors (Lipinski definition) is 1. The highest BCUT2D eigenvalue weighted by molar-refractivity contribution is 5.90. The summed E-state index contributed by atoms with van der Waals surface area (Å²) in [4.78, 5) is 24.9. The summed E-state index contributed by atoms with van der Waals surface area (Å²) in [6.45, 7) is 3.54. The van der Waals surface area contributed by atoms with Gasteiger partial charge in [-0.05, 0) is 30.5 Å². The number of hydrogen-bond acceptors (Lipinski definition) is 5. The van der Waals surface area contributed by atoms with Crippen molar-refractivity contribution in [3.63, 3.8) is 0 Å². The number of benzene rings is 2. The van der Waals surface area contributed by atoms with Crippen LogP contribution in [0.3, 0.4) is 0 Å². The summed E-state index contributed by atoms with van der Waals surface area (Å²) < 4.78 is 5.43. The highest BCUT2D eigenvalue weighted by Crippen LogP contribution is 2.43. The Hall–Kier alpha value is -2.93. The summed E-state index contributed by atoms with van der Waals surface area (Å²) in [7, 11) is 0. The van der Waals surface area contributed by atoms with Crippen molar-refractivity contribution in [2.45, 2.75) is 39.0 Å². The molecule has 1 N–H and O–H groups in total. The lowest BCUT2D eigenvalue weighted by Gasteiger charge is -2.42. The monoisotopic (exact) mass is 384 g/mol. The van der Waals surface area contributed by atoms with E-state index in [1.54, 1.807) is 6.07 Å². The number of carbonyl (C=O) groups is 1. The lowest BCUT2D eigenvalue weighted by atomic mass is 9.78. The van der Waals surface area contributed by atoms with Crippen LogP contribution in [0.1, 0.15) is 36.0 Å². The van der Waals surface area contributed by atoms with E-state index in [-0.39, 0.29) is 18.1 Å². The van der Waals surface area contributed by atoms with Crippen molar-refractivity contribution in [2.24, 2.45) is 5.92 Å². The van der Waals surface area contributed by atoms with Crippen molar-refractivity contribution in [3.05, 3.63) is 75.3 Å². The molecule has 0 fully saturated rings. The Labute approximate surface area is 163 Å². The number of nitro groups is 1. The fraction of sp³-hybridized carbons (Fsp3) is 0.381. The van der Waals surface area contributed by atoms with Crippen molar-refractivity contribution in [1.82, 2.24) is 0 Å². The van der Waals surface area contributed by atoms with Crippen molar-refractivity contribution in [3.8, 4) is 0 Å². The minimum atomic E-state index is -1.19. The summed E-state index contributed by atoms with van der Waals surface area (Å²) in [5.74, 6) is -0.924. The molecule has 0 saturated carbocycles. The van der Waals surface area contributed by atoms with E-state index in [0.29, 0.717) is 17.7 Å². The third kappa shape index (κ3) is 3.99. The Balaban J connectivity index is 1.93. The number of aliphatic hydroxyl groups is 1. The molecular formula is C21H24N2O5. The first-order valence-electron chi connectivity index (χ1n) is 9.32. The maximum atomic E-state index is 12.8. The van der Waals surface area contributed by atoms with Crippen LogP contribution in [0, 0.1) is 23.0 Å². The third-order valence-electron chi connectivity index (χ3n) is 5.23. The van der Waals surface area contributed by atoms with E-state index >= 15 is 0 Å². The van der Waals surface area contributed by atoms with E-state index in [1.807, 2.05) is 56.3 Å². The molecular weight excluding hydrogens is 360 g/mol. The van der Waals surface area contributed by atoms with E-state index in [1.165, 1.54) is 4.90 Å². The van der Waals surface area contributed by atoms with Crippen LogP contribution >= 0.6 is 0 Å². The molecule has 148 valence electrons. The van der Waals surface area contributed by atoms with Gasteiger partial charge in [-0.3, -0.25) is 15.0 Å². The number of carbonyl (C=O) groups excluding carboxylic acids is 1. The van der Waals surface area contributed by atoms with E-state index in [4.69, 9.17) is 4.74 Å². The Morgan fingerprint density at radius 3 is 2.61 bits per heavy atom. The van der Waals surface area contributed by atoms with Crippen LogP contribution in [0.15, 0.2) is 48.5 Å². The zero-order chi connectivity index (χ0) is 20.3. The van der Waals surface area contributed by atoms with Crippen LogP contribution in [0.4, 0.5) is 10.5 Å². The quantitative estimate of drug-likeness (QED) is 0.624. The lowest BCUT2D eigenvalue weighted by Crippen LogP contribution is -2.51. The minimum Gasteiger partial charge on any atom is -0.444 e. The molecule has 2 aromatic rings. The lowest BCUT2D eigenvalue weighted by molar-refractivity contribution is -0.485. The van der Waals surface area contributed by atoms with Gasteiger partial charge < -0.3 is 9.84 Å². The average Bonchev–Trinajstić information content (AvgIpc) is 2.67. The zero-order valence-corrected chi connectivity index (χ0v) is 15.9. The molecule has 1 amide bonds. The number of ether oxygens (including phenoxy) is 1. The predicted molar refractivity (Wildman–Crippen MR) is 105 cm³/mol. The summed E-state index contributed by atoms with van der Waals surface area (Å²) in [6.07, 6.45) is -1.36. The largest absolute Gasteiger partial charge is 0.444 e. The first kappa shape index (κ1) is 19.8. The molecule has 0 unspecified atom stereocenters. The van der Waals surface area contributed by atoms with Gasteiger partial charge in [0.25, 0.3) is 0 Å². The van der Waals surface area contributed by atoms with Crippen LogP contribution in [0.25, 0.3) is 0 Å². The maximum Gasteiger partial charge on any atom is 0.416 e. The first-order valence-corrected chi connectivity index (χ1v) is 9.32. The van der Waals surface area contributed by atoms with Gasteiger partial charge in [-0.1, -0.05) is 55.0 Å². The normalized spacial score (nSPS) is 21.1. The second-order valence-electron chi connectivity index (χ2n) is 7.08. The first-order chi connectivity index (χ1) is 13.4. The van der Waals surface area contributed by atoms with Gasteiger partial charge in [0.2, 0.25) is 6.54 Å². The predicted octanol–water partition coefficient (Wildman–Crippen LogP) is 3.86. The molecule has 7 heteroatoms. The summed E-state index contributed by atoms with van der Waals surface area (Å²) in [5, 5.41) is 22.1. The van der Waals surface area contributed by atoms with Crippen LogP contribution in [0.2, 0.25) is 0 Å². The average molecular weight is 384 g/mol. The van der Waals surface area contributed by atoms with Crippen LogP contribution in [0.5, 0.6) is 0 Å². The smallest absolute Gasteiger partial charge is 0.416 e. The molecule has 7 nitrogen and oxygen atoms in total. The van der Waals surface area contributed by atoms with Crippen molar-refractivity contribution >= 4 is 11.8 Å². The summed E-state index contributed by atoms with van der Waals surface area (Å²) in [6, 6.07) is 14.7. The molecule has 3 rings (SSSR count). The number of amides is 1. The molecule has 0 radical (unpaired) electrons. The van der Waals surface area contributed by atoms with Gasteiger partial charge in [0.15, 0.2) is 0 Å². The number of aliphatic hydroxyl groups excluding tert-OH is 1. The second-order valence-corrected chi connectivity index (χ2v) is 7.08. The number of rotatable bonds is 5. The molecule has 28 heavy (non-hydrogen) atoms. The summed E-state index contributed by atoms with van der Waals surface area (Å²) in [5.41, 5.74) is 2.94. The number of aryl methyl sites for hydroxylation is 1. The van der Waals surface area contributed by atoms with Gasteiger partial charge >= 0.3 is 6.09 Å². The Bertz CT molecular complexity index is 855. The van der Waals surface area contributed by atoms with E-state index < -0.39 is 24.2 Å². The second kappa shape index (κ2) is 8.39. The fourth-order valence-electron chi connectivity index (χ4n) is 3.85. The zero-order valence-electron chi connectivity index (χ0n) is 15.9. The van der Waals surface area contributed by atoms with Crippen LogP contribution < -0.4 is 4.90 Å². The van der Waals surface area contributed by atoms with Crippen LogP contribution in [-0.4, -0.2) is 28.9 Å². The van der Waals surface area contributed by atoms with E-state index in [9.17, 15) is 20.0 Å². The Morgan fingerprint density at radius 1 is 1.25 bits per heavy atom. The molecule has 0 bridgehead atoms. The van der Waals surface area contributed by atoms with Gasteiger partial charge in [0.1, 0.15) is 12.8 Å². The maximum absolute atomic E-state index is 12.8. The highest BCUT2D eigenvalue weighted by atomic mass is 16.6. The van der Waals surface area contributed by atoms with Gasteiger partial charge in [-0.2, -0.15) is 0 Å². The molecule has 0 aromatic heterocycles. The molecule has 0 spiro atoms. The fourth-order valence-corrected chi connectivity index (χ4v) is 3.85. The molecule has 0 saturated heterocycles. The van der Waals surface area contributed by atoms with Crippen molar-refractivity contribution in [1.29, 1.82) is 0 Å². The molecule has 1 aliphatic rings. The van der Waals surface area contributed by atoms with E-state index in [2.05, 4.69) is 0 Å². The standard InChI is InChI=1S/C21H24N2O5/c1-3-16-18(12-22(26)27)17-11-14(2)9-10-19(17)23(20(16)24)21(25)28-13-15-7-5-4-6-8-15/h4-11,16,18,20,24H,3,12-13H2,1-2H3/t16-,18+,20+/m1/s1. The van der Waals surface area contributed by atoms with Gasteiger partial charge in [-0.25, -0.2) is 4.79 Å². The molecule has 1 heterocycles. The topological polar surface area (TPSA) is 92.9 Å². The molecule has 1 aliphatic heterocycles.